The predicted molar refractivity (Wildman–Crippen MR) is 90.4 cm³/mol. The highest BCUT2D eigenvalue weighted by Gasteiger charge is 2.63. The standard InChI is InChI=1S/C16H12BrClO4S/c17-10-3-1-9(2-4-10)13-14(16(19)20)15(13)23(21,22)12-7-5-11(18)6-8-12/h1-8,13-15H,(H,19,20)/t13-,14-,15-/m0/s1. The van der Waals surface area contributed by atoms with Gasteiger partial charge in [-0.1, -0.05) is 39.7 Å². The molecular weight excluding hydrogens is 404 g/mol. The van der Waals surface area contributed by atoms with Crippen LogP contribution in [0.5, 0.6) is 0 Å². The number of carbonyl (C=O) groups is 1. The van der Waals surface area contributed by atoms with E-state index in [1.54, 1.807) is 24.3 Å². The molecule has 7 heteroatoms. The highest BCUT2D eigenvalue weighted by molar-refractivity contribution is 9.10. The second-order valence-electron chi connectivity index (χ2n) is 5.40. The average molecular weight is 416 g/mol. The molecule has 3 atom stereocenters. The number of carboxylic acid groups (broad SMARTS) is 1. The van der Waals surface area contributed by atoms with E-state index in [2.05, 4.69) is 15.9 Å². The Balaban J connectivity index is 1.98. The smallest absolute Gasteiger partial charge is 0.308 e. The van der Waals surface area contributed by atoms with Crippen LogP contribution in [0.4, 0.5) is 0 Å². The minimum atomic E-state index is -3.74. The van der Waals surface area contributed by atoms with E-state index in [1.165, 1.54) is 24.3 Å². The van der Waals surface area contributed by atoms with E-state index in [4.69, 9.17) is 11.6 Å². The number of sulfone groups is 1. The van der Waals surface area contributed by atoms with Gasteiger partial charge in [0.25, 0.3) is 0 Å². The summed E-state index contributed by atoms with van der Waals surface area (Å²) in [6.45, 7) is 0. The van der Waals surface area contributed by atoms with Crippen LogP contribution in [0.2, 0.25) is 5.02 Å². The summed E-state index contributed by atoms with van der Waals surface area (Å²) in [7, 11) is -3.74. The summed E-state index contributed by atoms with van der Waals surface area (Å²) < 4.78 is 26.4. The van der Waals surface area contributed by atoms with Crippen molar-refractivity contribution in [2.24, 2.45) is 5.92 Å². The fourth-order valence-electron chi connectivity index (χ4n) is 2.83. The molecule has 1 saturated carbocycles. The first kappa shape index (κ1) is 16.5. The van der Waals surface area contributed by atoms with Crippen LogP contribution in [0.1, 0.15) is 11.5 Å². The van der Waals surface area contributed by atoms with Gasteiger partial charge in [0, 0.05) is 15.4 Å². The Bertz CT molecular complexity index is 847. The zero-order chi connectivity index (χ0) is 16.8. The van der Waals surface area contributed by atoms with E-state index in [0.29, 0.717) is 10.6 Å². The van der Waals surface area contributed by atoms with Crippen molar-refractivity contribution < 1.29 is 18.3 Å². The molecule has 0 aromatic heterocycles. The maximum Gasteiger partial charge on any atom is 0.308 e. The lowest BCUT2D eigenvalue weighted by atomic mass is 10.1. The second-order valence-corrected chi connectivity index (χ2v) is 8.86. The number of halogens is 2. The van der Waals surface area contributed by atoms with Crippen LogP contribution in [-0.4, -0.2) is 24.7 Å². The molecular formula is C16H12BrClO4S. The van der Waals surface area contributed by atoms with Crippen LogP contribution in [0.15, 0.2) is 57.9 Å². The molecule has 0 bridgehead atoms. The molecule has 0 unspecified atom stereocenters. The molecule has 1 aliphatic carbocycles. The summed E-state index contributed by atoms with van der Waals surface area (Å²) in [6.07, 6.45) is 0. The number of hydrogen-bond donors (Lipinski definition) is 1. The number of rotatable bonds is 4. The van der Waals surface area contributed by atoms with Gasteiger partial charge < -0.3 is 5.11 Å². The summed E-state index contributed by atoms with van der Waals surface area (Å²) in [5.74, 6) is -2.57. The normalized spacial score (nSPS) is 23.5. The van der Waals surface area contributed by atoms with E-state index in [-0.39, 0.29) is 4.90 Å². The van der Waals surface area contributed by atoms with Crippen LogP contribution >= 0.6 is 27.5 Å². The number of aliphatic carboxylic acids is 1. The Hall–Kier alpha value is -1.37. The van der Waals surface area contributed by atoms with Crippen LogP contribution in [0.3, 0.4) is 0 Å². The van der Waals surface area contributed by atoms with Crippen molar-refractivity contribution in [1.82, 2.24) is 0 Å². The lowest BCUT2D eigenvalue weighted by Gasteiger charge is -2.04. The lowest BCUT2D eigenvalue weighted by molar-refractivity contribution is -0.138. The maximum atomic E-state index is 12.8. The minimum Gasteiger partial charge on any atom is -0.481 e. The van der Waals surface area contributed by atoms with Crippen LogP contribution in [0, 0.1) is 5.92 Å². The van der Waals surface area contributed by atoms with Crippen molar-refractivity contribution in [3.63, 3.8) is 0 Å². The van der Waals surface area contributed by atoms with E-state index < -0.39 is 32.9 Å². The Morgan fingerprint density at radius 3 is 2.13 bits per heavy atom. The molecule has 0 spiro atoms. The molecule has 0 heterocycles. The molecule has 0 amide bonds. The molecule has 2 aromatic carbocycles. The largest absolute Gasteiger partial charge is 0.481 e. The van der Waals surface area contributed by atoms with Gasteiger partial charge >= 0.3 is 5.97 Å². The fourth-order valence-corrected chi connectivity index (χ4v) is 5.34. The Labute approximate surface area is 147 Å². The highest BCUT2D eigenvalue weighted by atomic mass is 79.9. The third kappa shape index (κ3) is 3.03. The van der Waals surface area contributed by atoms with Crippen molar-refractivity contribution in [3.8, 4) is 0 Å². The SMILES string of the molecule is O=C(O)[C@H]1[C@H](c2ccc(Br)cc2)[C@@H]1S(=O)(=O)c1ccc(Cl)cc1. The molecule has 3 rings (SSSR count). The Morgan fingerprint density at radius 1 is 1.04 bits per heavy atom. The van der Waals surface area contributed by atoms with E-state index in [1.807, 2.05) is 0 Å². The van der Waals surface area contributed by atoms with Gasteiger partial charge in [-0.2, -0.15) is 0 Å². The monoisotopic (exact) mass is 414 g/mol. The molecule has 0 radical (unpaired) electrons. The Morgan fingerprint density at radius 2 is 1.61 bits per heavy atom. The summed E-state index contributed by atoms with van der Waals surface area (Å²) in [4.78, 5) is 11.6. The molecule has 120 valence electrons. The lowest BCUT2D eigenvalue weighted by Crippen LogP contribution is -2.13. The summed E-state index contributed by atoms with van der Waals surface area (Å²) in [5, 5.41) is 8.84. The third-order valence-corrected chi connectivity index (χ3v) is 7.01. The zero-order valence-electron chi connectivity index (χ0n) is 11.7. The Kier molecular flexibility index (Phi) is 4.25. The highest BCUT2D eigenvalue weighted by Crippen LogP contribution is 2.54. The first-order valence-electron chi connectivity index (χ1n) is 6.80. The molecule has 1 fully saturated rings. The number of carboxylic acids is 1. The first-order chi connectivity index (χ1) is 10.8. The molecule has 1 aliphatic rings. The second kappa shape index (κ2) is 5.92. The summed E-state index contributed by atoms with van der Waals surface area (Å²) in [5.41, 5.74) is 0.711. The van der Waals surface area contributed by atoms with Gasteiger partial charge in [0.2, 0.25) is 0 Å². The van der Waals surface area contributed by atoms with Crippen molar-refractivity contribution in [1.29, 1.82) is 0 Å². The fraction of sp³-hybridized carbons (Fsp3) is 0.188. The van der Waals surface area contributed by atoms with Crippen molar-refractivity contribution in [3.05, 3.63) is 63.6 Å². The van der Waals surface area contributed by atoms with Gasteiger partial charge in [-0.25, -0.2) is 8.42 Å². The van der Waals surface area contributed by atoms with Crippen LogP contribution in [-0.2, 0) is 14.6 Å². The van der Waals surface area contributed by atoms with Gasteiger partial charge in [-0.15, -0.1) is 0 Å². The van der Waals surface area contributed by atoms with Crippen LogP contribution < -0.4 is 0 Å². The van der Waals surface area contributed by atoms with Gasteiger partial charge in [0.15, 0.2) is 9.84 Å². The minimum absolute atomic E-state index is 0.0951. The third-order valence-electron chi connectivity index (χ3n) is 3.99. The van der Waals surface area contributed by atoms with Gasteiger partial charge in [-0.05, 0) is 42.0 Å². The van der Waals surface area contributed by atoms with Crippen LogP contribution in [0.25, 0.3) is 0 Å². The maximum absolute atomic E-state index is 12.8. The summed E-state index contributed by atoms with van der Waals surface area (Å²) in [6, 6.07) is 12.9. The summed E-state index contributed by atoms with van der Waals surface area (Å²) >= 11 is 9.09. The van der Waals surface area contributed by atoms with Crippen molar-refractivity contribution >= 4 is 43.3 Å². The first-order valence-corrected chi connectivity index (χ1v) is 9.52. The van der Waals surface area contributed by atoms with E-state index >= 15 is 0 Å². The topological polar surface area (TPSA) is 71.4 Å². The molecule has 4 nitrogen and oxygen atoms in total. The zero-order valence-corrected chi connectivity index (χ0v) is 14.8. The van der Waals surface area contributed by atoms with Crippen molar-refractivity contribution in [2.45, 2.75) is 16.1 Å². The van der Waals surface area contributed by atoms with Crippen molar-refractivity contribution in [2.75, 3.05) is 0 Å². The van der Waals surface area contributed by atoms with Gasteiger partial charge in [-0.3, -0.25) is 4.79 Å². The quantitative estimate of drug-likeness (QED) is 0.825. The number of benzene rings is 2. The molecule has 0 aliphatic heterocycles. The predicted octanol–water partition coefficient (Wildman–Crippen LogP) is 3.74. The molecule has 23 heavy (non-hydrogen) atoms. The molecule has 2 aromatic rings. The molecule has 1 N–H and O–H groups in total. The van der Waals surface area contributed by atoms with Gasteiger partial charge in [0.1, 0.15) is 0 Å². The average Bonchev–Trinajstić information content (AvgIpc) is 3.25. The van der Waals surface area contributed by atoms with E-state index in [0.717, 1.165) is 4.47 Å². The molecule has 0 saturated heterocycles. The number of hydrogen-bond acceptors (Lipinski definition) is 3. The van der Waals surface area contributed by atoms with E-state index in [9.17, 15) is 18.3 Å². The van der Waals surface area contributed by atoms with Gasteiger partial charge in [0.05, 0.1) is 16.1 Å².